The number of allylic oxidation sites excluding steroid dienone is 2. The minimum absolute atomic E-state index is 0.0878. The molecule has 0 radical (unpaired) electrons. The van der Waals surface area contributed by atoms with Crippen molar-refractivity contribution in [2.45, 2.75) is 39.8 Å². The van der Waals surface area contributed by atoms with Gasteiger partial charge in [-0.05, 0) is 50.7 Å². The Morgan fingerprint density at radius 1 is 0.971 bits per heavy atom. The third-order valence-corrected chi connectivity index (χ3v) is 6.42. The number of carbonyl (C=O) groups is 4. The first-order valence-electron chi connectivity index (χ1n) is 11.7. The number of hydrogen-bond donors (Lipinski definition) is 1. The largest absolute Gasteiger partial charge is 0.372 e. The van der Waals surface area contributed by atoms with Gasteiger partial charge in [-0.1, -0.05) is 43.7 Å². The lowest BCUT2D eigenvalue weighted by atomic mass is 9.99. The summed E-state index contributed by atoms with van der Waals surface area (Å²) in [7, 11) is 0. The van der Waals surface area contributed by atoms with Gasteiger partial charge in [-0.2, -0.15) is 0 Å². The molecule has 0 aliphatic carbocycles. The number of urea groups is 1. The Morgan fingerprint density at radius 2 is 1.57 bits per heavy atom. The Balaban J connectivity index is 1.95. The smallest absolute Gasteiger partial charge is 0.333 e. The van der Waals surface area contributed by atoms with Gasteiger partial charge in [0, 0.05) is 19.6 Å². The lowest BCUT2D eigenvalue weighted by Gasteiger charge is -2.41. The van der Waals surface area contributed by atoms with Crippen molar-refractivity contribution >= 4 is 46.8 Å². The fraction of sp³-hybridized carbons (Fsp3) is 0.400. The summed E-state index contributed by atoms with van der Waals surface area (Å²) in [6, 6.07) is 7.92. The lowest BCUT2D eigenvalue weighted by Crippen LogP contribution is -2.61. The van der Waals surface area contributed by atoms with Crippen LogP contribution in [0.3, 0.4) is 0 Å². The van der Waals surface area contributed by atoms with Gasteiger partial charge in [0.15, 0.2) is 5.11 Å². The summed E-state index contributed by atoms with van der Waals surface area (Å²) < 4.78 is 0. The molecule has 0 aromatic heterocycles. The van der Waals surface area contributed by atoms with Crippen LogP contribution in [0, 0.1) is 5.92 Å². The van der Waals surface area contributed by atoms with Gasteiger partial charge >= 0.3 is 6.03 Å². The minimum Gasteiger partial charge on any atom is -0.372 e. The number of para-hydroxylation sites is 1. The van der Waals surface area contributed by atoms with Gasteiger partial charge in [0.1, 0.15) is 17.7 Å². The molecule has 2 aliphatic rings. The van der Waals surface area contributed by atoms with Crippen molar-refractivity contribution in [3.8, 4) is 0 Å². The number of thiocarbonyl (C=S) groups is 1. The van der Waals surface area contributed by atoms with Gasteiger partial charge in [0.25, 0.3) is 11.8 Å². The van der Waals surface area contributed by atoms with Crippen molar-refractivity contribution in [1.82, 2.24) is 14.7 Å². The molecule has 9 nitrogen and oxygen atoms in total. The fourth-order valence-electron chi connectivity index (χ4n) is 4.03. The topological polar surface area (TPSA) is 101 Å². The molecule has 1 aromatic rings. The number of imide groups is 1. The molecule has 2 heterocycles. The molecule has 0 spiro atoms. The van der Waals surface area contributed by atoms with Crippen LogP contribution >= 0.6 is 12.2 Å². The van der Waals surface area contributed by atoms with Crippen LogP contribution in [0.4, 0.5) is 10.5 Å². The van der Waals surface area contributed by atoms with Crippen LogP contribution in [-0.2, 0) is 14.4 Å². The number of carbonyl (C=O) groups excluding carboxylic acids is 4. The first kappa shape index (κ1) is 26.2. The number of benzene rings is 1. The highest BCUT2D eigenvalue weighted by atomic mass is 32.1. The minimum atomic E-state index is -1.37. The van der Waals surface area contributed by atoms with E-state index in [0.717, 1.165) is 11.3 Å². The van der Waals surface area contributed by atoms with Crippen LogP contribution in [0.5, 0.6) is 0 Å². The summed E-state index contributed by atoms with van der Waals surface area (Å²) in [5.74, 6) is -2.71. The number of aliphatic hydroxyl groups excluding tert-OH is 1. The highest BCUT2D eigenvalue weighted by Crippen LogP contribution is 2.28. The number of hydrogen-bond acceptors (Lipinski definition) is 6. The van der Waals surface area contributed by atoms with Gasteiger partial charge in [0.05, 0.1) is 5.69 Å². The molecule has 2 atom stereocenters. The average molecular weight is 499 g/mol. The van der Waals surface area contributed by atoms with E-state index >= 15 is 0 Å². The van der Waals surface area contributed by atoms with E-state index in [9.17, 15) is 24.3 Å². The Hall–Kier alpha value is -3.37. The van der Waals surface area contributed by atoms with Gasteiger partial charge < -0.3 is 5.11 Å². The van der Waals surface area contributed by atoms with Gasteiger partial charge in [-0.25, -0.2) is 9.69 Å². The maximum atomic E-state index is 13.3. The van der Waals surface area contributed by atoms with Crippen molar-refractivity contribution in [3.63, 3.8) is 0 Å². The molecule has 2 aliphatic heterocycles. The Labute approximate surface area is 210 Å². The van der Waals surface area contributed by atoms with Crippen LogP contribution in [-0.4, -0.2) is 74.5 Å². The Bertz CT molecular complexity index is 1040. The zero-order valence-corrected chi connectivity index (χ0v) is 20.9. The number of rotatable bonds is 8. The molecule has 0 saturated carbocycles. The van der Waals surface area contributed by atoms with Gasteiger partial charge in [-0.3, -0.25) is 29.1 Å². The first-order valence-corrected chi connectivity index (χ1v) is 12.1. The van der Waals surface area contributed by atoms with E-state index in [-0.39, 0.29) is 17.2 Å². The van der Waals surface area contributed by atoms with E-state index in [1.807, 2.05) is 6.92 Å². The summed E-state index contributed by atoms with van der Waals surface area (Å²) in [6.07, 6.45) is 4.24. The van der Waals surface area contributed by atoms with Crippen LogP contribution in [0.1, 0.15) is 33.6 Å². The standard InChI is InChI=1S/C25H30N4O5S/c1-4-7-16-28-22(32)19(23(33)29(24(28)34)17-12-9-8-10-13-17)15-11-14-18-20(30)26(5-2)25(35)27(6-3)21(18)31/h8-15,19,22,32H,4-7,16H2,1-3H3. The van der Waals surface area contributed by atoms with Gasteiger partial charge in [-0.15, -0.1) is 0 Å². The van der Waals surface area contributed by atoms with E-state index in [1.165, 1.54) is 32.9 Å². The summed E-state index contributed by atoms with van der Waals surface area (Å²) >= 11 is 5.26. The zero-order chi connectivity index (χ0) is 25.7. The first-order chi connectivity index (χ1) is 16.8. The number of likely N-dealkylation sites (N-methyl/N-ethyl adjacent to an activating group) is 2. The summed E-state index contributed by atoms with van der Waals surface area (Å²) in [5.41, 5.74) is 0.311. The number of nitrogens with zero attached hydrogens (tertiary/aromatic N) is 4. The number of anilines is 1. The van der Waals surface area contributed by atoms with Crippen LogP contribution in [0.2, 0.25) is 0 Å². The molecule has 3 rings (SSSR count). The van der Waals surface area contributed by atoms with E-state index in [0.29, 0.717) is 25.2 Å². The van der Waals surface area contributed by atoms with Crippen molar-refractivity contribution in [2.24, 2.45) is 5.92 Å². The highest BCUT2D eigenvalue weighted by molar-refractivity contribution is 7.80. The van der Waals surface area contributed by atoms with Crippen molar-refractivity contribution in [3.05, 3.63) is 54.1 Å². The summed E-state index contributed by atoms with van der Waals surface area (Å²) in [6.45, 7) is 6.39. The predicted octanol–water partition coefficient (Wildman–Crippen LogP) is 2.67. The quantitative estimate of drug-likeness (QED) is 0.336. The van der Waals surface area contributed by atoms with Crippen molar-refractivity contribution in [2.75, 3.05) is 24.5 Å². The Morgan fingerprint density at radius 3 is 2.11 bits per heavy atom. The van der Waals surface area contributed by atoms with E-state index < -0.39 is 35.9 Å². The van der Waals surface area contributed by atoms with Crippen molar-refractivity contribution in [1.29, 1.82) is 0 Å². The highest BCUT2D eigenvalue weighted by Gasteiger charge is 2.45. The van der Waals surface area contributed by atoms with Crippen LogP contribution < -0.4 is 4.90 Å². The normalized spacial score (nSPS) is 21.6. The monoisotopic (exact) mass is 498 g/mol. The zero-order valence-electron chi connectivity index (χ0n) is 20.1. The predicted molar refractivity (Wildman–Crippen MR) is 135 cm³/mol. The Kier molecular flexibility index (Phi) is 8.52. The third-order valence-electron chi connectivity index (χ3n) is 5.98. The number of unbranched alkanes of at least 4 members (excludes halogenated alkanes) is 1. The maximum Gasteiger partial charge on any atom is 0.333 e. The molecule has 0 bridgehead atoms. The molecule has 5 amide bonds. The van der Waals surface area contributed by atoms with E-state index in [1.54, 1.807) is 44.2 Å². The van der Waals surface area contributed by atoms with Crippen LogP contribution in [0.15, 0.2) is 54.1 Å². The molecule has 10 heteroatoms. The lowest BCUT2D eigenvalue weighted by molar-refractivity contribution is -0.134. The molecular formula is C25H30N4O5S. The number of aliphatic hydroxyl groups is 1. The number of amides is 5. The maximum absolute atomic E-state index is 13.3. The molecule has 1 N–H and O–H groups in total. The van der Waals surface area contributed by atoms with Crippen LogP contribution in [0.25, 0.3) is 0 Å². The molecular weight excluding hydrogens is 468 g/mol. The summed E-state index contributed by atoms with van der Waals surface area (Å²) in [5, 5.41) is 11.1. The molecule has 2 fully saturated rings. The molecule has 1 aromatic carbocycles. The van der Waals surface area contributed by atoms with E-state index in [4.69, 9.17) is 12.2 Å². The van der Waals surface area contributed by atoms with E-state index in [2.05, 4.69) is 0 Å². The molecule has 186 valence electrons. The van der Waals surface area contributed by atoms with Gasteiger partial charge in [0.2, 0.25) is 5.91 Å². The molecule has 2 saturated heterocycles. The third kappa shape index (κ3) is 5.03. The fourth-order valence-corrected chi connectivity index (χ4v) is 4.46. The summed E-state index contributed by atoms with van der Waals surface area (Å²) in [4.78, 5) is 57.0. The molecule has 35 heavy (non-hydrogen) atoms. The SMILES string of the molecule is CCCCN1C(=O)N(c2ccccc2)C(=O)C(C=CC=C2C(=O)N(CC)C(=S)N(CC)C2=O)C1O. The second-order valence-corrected chi connectivity index (χ2v) is 8.49. The average Bonchev–Trinajstić information content (AvgIpc) is 2.84. The molecule has 2 unspecified atom stereocenters. The van der Waals surface area contributed by atoms with Crippen molar-refractivity contribution < 1.29 is 24.3 Å². The second kappa shape index (κ2) is 11.4. The second-order valence-electron chi connectivity index (χ2n) is 8.12.